The van der Waals surface area contributed by atoms with Crippen LogP contribution in [0, 0.1) is 12.0 Å². The summed E-state index contributed by atoms with van der Waals surface area (Å²) in [6, 6.07) is 4.69. The molecule has 0 fully saturated rings. The smallest absolute Gasteiger partial charge is 0.281 e. The van der Waals surface area contributed by atoms with E-state index < -0.39 is 4.87 Å². The monoisotopic (exact) mass is 319 g/mol. The maximum Gasteiger partial charge on any atom is 0.281 e. The SMILES string of the molecule is CN1CCn2nc(NC3=CC(C)(Cl)C#CN(C)C3=O)cc2C1. The number of alkyl halides is 1. The van der Waals surface area contributed by atoms with Gasteiger partial charge in [0.15, 0.2) is 5.82 Å². The number of hydrogen-bond acceptors (Lipinski definition) is 4. The minimum Gasteiger partial charge on any atom is -0.334 e. The number of carbonyl (C=O) groups is 1. The molecule has 0 bridgehead atoms. The first-order chi connectivity index (χ1) is 10.3. The number of hydrogen-bond donors (Lipinski definition) is 1. The van der Waals surface area contributed by atoms with Gasteiger partial charge < -0.3 is 5.32 Å². The lowest BCUT2D eigenvalue weighted by Gasteiger charge is -2.22. The van der Waals surface area contributed by atoms with Crippen molar-refractivity contribution in [2.75, 3.05) is 26.0 Å². The molecular formula is C15H18ClN5O. The Morgan fingerprint density at radius 1 is 1.41 bits per heavy atom. The summed E-state index contributed by atoms with van der Waals surface area (Å²) in [5.74, 6) is 3.27. The van der Waals surface area contributed by atoms with Gasteiger partial charge in [-0.1, -0.05) is 5.92 Å². The molecule has 3 heterocycles. The zero-order chi connectivity index (χ0) is 15.9. The van der Waals surface area contributed by atoms with Crippen LogP contribution in [0.2, 0.25) is 0 Å². The van der Waals surface area contributed by atoms with E-state index in [1.54, 1.807) is 20.0 Å². The zero-order valence-electron chi connectivity index (χ0n) is 12.9. The number of likely N-dealkylation sites (N-methyl/N-ethyl adjacent to an activating group) is 2. The third-order valence-corrected chi connectivity index (χ3v) is 3.87. The van der Waals surface area contributed by atoms with Crippen molar-refractivity contribution in [2.24, 2.45) is 0 Å². The summed E-state index contributed by atoms with van der Waals surface area (Å²) < 4.78 is 1.96. The van der Waals surface area contributed by atoms with E-state index in [1.807, 2.05) is 10.7 Å². The summed E-state index contributed by atoms with van der Waals surface area (Å²) in [7, 11) is 3.70. The van der Waals surface area contributed by atoms with Gasteiger partial charge in [0.25, 0.3) is 5.91 Å². The van der Waals surface area contributed by atoms with Gasteiger partial charge in [-0.3, -0.25) is 19.3 Å². The third kappa shape index (κ3) is 2.96. The highest BCUT2D eigenvalue weighted by Crippen LogP contribution is 2.22. The van der Waals surface area contributed by atoms with Gasteiger partial charge in [0.1, 0.15) is 10.6 Å². The van der Waals surface area contributed by atoms with E-state index in [1.165, 1.54) is 4.90 Å². The van der Waals surface area contributed by atoms with Crippen LogP contribution in [0.25, 0.3) is 0 Å². The Kier molecular flexibility index (Phi) is 3.63. The van der Waals surface area contributed by atoms with Gasteiger partial charge in [0, 0.05) is 32.2 Å². The van der Waals surface area contributed by atoms with Crippen LogP contribution in [0.3, 0.4) is 0 Å². The van der Waals surface area contributed by atoms with Crippen molar-refractivity contribution in [3.8, 4) is 12.0 Å². The van der Waals surface area contributed by atoms with Crippen LogP contribution in [0.1, 0.15) is 12.6 Å². The molecule has 0 spiro atoms. The first-order valence-electron chi connectivity index (χ1n) is 7.09. The Hall–Kier alpha value is -1.97. The number of rotatable bonds is 2. The fraction of sp³-hybridized carbons (Fsp3) is 0.467. The Bertz CT molecular complexity index is 709. The lowest BCUT2D eigenvalue weighted by atomic mass is 10.1. The van der Waals surface area contributed by atoms with Crippen LogP contribution < -0.4 is 5.32 Å². The summed E-state index contributed by atoms with van der Waals surface area (Å²) in [6.45, 7) is 4.41. The van der Waals surface area contributed by atoms with Crippen LogP contribution in [-0.2, 0) is 17.9 Å². The number of anilines is 1. The van der Waals surface area contributed by atoms with Gasteiger partial charge in [-0.25, -0.2) is 0 Å². The minimum absolute atomic E-state index is 0.222. The Labute approximate surface area is 134 Å². The molecule has 0 aromatic carbocycles. The summed E-state index contributed by atoms with van der Waals surface area (Å²) >= 11 is 6.29. The van der Waals surface area contributed by atoms with Crippen LogP contribution in [0.4, 0.5) is 5.82 Å². The molecule has 2 aliphatic rings. The lowest BCUT2D eigenvalue weighted by Crippen LogP contribution is -2.30. The number of allylic oxidation sites excluding steroid dienone is 1. The molecule has 116 valence electrons. The van der Waals surface area contributed by atoms with Crippen molar-refractivity contribution in [3.63, 3.8) is 0 Å². The number of aromatic nitrogens is 2. The summed E-state index contributed by atoms with van der Waals surface area (Å²) in [5.41, 5.74) is 1.50. The first kappa shape index (κ1) is 14.9. The average Bonchev–Trinajstić information content (AvgIpc) is 2.80. The molecule has 6 nitrogen and oxygen atoms in total. The topological polar surface area (TPSA) is 53.4 Å². The fourth-order valence-corrected chi connectivity index (χ4v) is 2.63. The number of carbonyl (C=O) groups excluding carboxylic acids is 1. The van der Waals surface area contributed by atoms with Gasteiger partial charge in [-0.15, -0.1) is 11.6 Å². The molecule has 0 saturated heterocycles. The Morgan fingerprint density at radius 2 is 2.18 bits per heavy atom. The highest BCUT2D eigenvalue weighted by atomic mass is 35.5. The molecular weight excluding hydrogens is 302 g/mol. The molecule has 1 unspecified atom stereocenters. The predicted octanol–water partition coefficient (Wildman–Crippen LogP) is 1.05. The second-order valence-corrected chi connectivity index (χ2v) is 6.63. The molecule has 3 rings (SSSR count). The standard InChI is InChI=1S/C15H18ClN5O/c1-15(16)4-5-20(3)14(22)12(9-15)17-13-8-11-10-19(2)6-7-21(11)18-13/h8-9H,6-7,10H2,1-3H3,(H,17,18). The van der Waals surface area contributed by atoms with E-state index in [-0.39, 0.29) is 5.91 Å². The summed E-state index contributed by atoms with van der Waals surface area (Å²) in [6.07, 6.45) is 1.64. The zero-order valence-corrected chi connectivity index (χ0v) is 13.6. The number of nitrogens with zero attached hydrogens (tertiary/aromatic N) is 4. The van der Waals surface area contributed by atoms with E-state index in [4.69, 9.17) is 11.6 Å². The normalized spacial score (nSPS) is 25.0. The van der Waals surface area contributed by atoms with Gasteiger partial charge in [-0.05, 0) is 20.0 Å². The third-order valence-electron chi connectivity index (χ3n) is 3.67. The molecule has 1 aromatic rings. The van der Waals surface area contributed by atoms with Crippen LogP contribution in [0.15, 0.2) is 17.8 Å². The molecule has 0 saturated carbocycles. The second kappa shape index (κ2) is 5.34. The highest BCUT2D eigenvalue weighted by Gasteiger charge is 2.25. The molecule has 1 N–H and O–H groups in total. The molecule has 1 atom stereocenters. The number of amides is 1. The van der Waals surface area contributed by atoms with Crippen molar-refractivity contribution in [1.29, 1.82) is 0 Å². The van der Waals surface area contributed by atoms with Crippen molar-refractivity contribution in [1.82, 2.24) is 19.6 Å². The summed E-state index contributed by atoms with van der Waals surface area (Å²) in [5, 5.41) is 7.58. The first-order valence-corrected chi connectivity index (χ1v) is 7.47. The van der Waals surface area contributed by atoms with Gasteiger partial charge in [-0.2, -0.15) is 5.10 Å². The van der Waals surface area contributed by atoms with Crippen LogP contribution in [-0.4, -0.2) is 51.0 Å². The van der Waals surface area contributed by atoms with Gasteiger partial charge in [0.05, 0.1) is 12.2 Å². The second-order valence-electron chi connectivity index (χ2n) is 5.84. The average molecular weight is 320 g/mol. The van der Waals surface area contributed by atoms with Crippen molar-refractivity contribution >= 4 is 23.3 Å². The number of fused-ring (bicyclic) bond motifs is 1. The van der Waals surface area contributed by atoms with Crippen molar-refractivity contribution < 1.29 is 4.79 Å². The Morgan fingerprint density at radius 3 is 2.95 bits per heavy atom. The van der Waals surface area contributed by atoms with E-state index in [2.05, 4.69) is 34.3 Å². The summed E-state index contributed by atoms with van der Waals surface area (Å²) in [4.78, 5) is 15.0. The molecule has 1 amide bonds. The molecule has 22 heavy (non-hydrogen) atoms. The highest BCUT2D eigenvalue weighted by molar-refractivity contribution is 6.27. The largest absolute Gasteiger partial charge is 0.334 e. The maximum atomic E-state index is 12.3. The number of halogens is 1. The quantitative estimate of drug-likeness (QED) is 0.654. The molecule has 1 aromatic heterocycles. The molecule has 0 radical (unpaired) electrons. The maximum absolute atomic E-state index is 12.3. The van der Waals surface area contributed by atoms with Crippen molar-refractivity contribution in [2.45, 2.75) is 24.9 Å². The van der Waals surface area contributed by atoms with E-state index in [0.717, 1.165) is 25.3 Å². The lowest BCUT2D eigenvalue weighted by molar-refractivity contribution is -0.122. The molecule has 0 aliphatic carbocycles. The van der Waals surface area contributed by atoms with E-state index in [9.17, 15) is 4.79 Å². The van der Waals surface area contributed by atoms with Crippen molar-refractivity contribution in [3.05, 3.63) is 23.5 Å². The predicted molar refractivity (Wildman–Crippen MR) is 85.1 cm³/mol. The molecule has 2 aliphatic heterocycles. The number of nitrogens with one attached hydrogen (secondary N) is 1. The van der Waals surface area contributed by atoms with E-state index in [0.29, 0.717) is 11.5 Å². The molecule has 7 heteroatoms. The van der Waals surface area contributed by atoms with Crippen LogP contribution >= 0.6 is 11.6 Å². The van der Waals surface area contributed by atoms with E-state index >= 15 is 0 Å². The minimum atomic E-state index is -0.887. The van der Waals surface area contributed by atoms with Gasteiger partial charge >= 0.3 is 0 Å². The fourth-order valence-electron chi connectivity index (χ4n) is 2.48. The van der Waals surface area contributed by atoms with Gasteiger partial charge in [0.2, 0.25) is 0 Å². The van der Waals surface area contributed by atoms with Crippen LogP contribution in [0.5, 0.6) is 0 Å². The Balaban J connectivity index is 1.87.